The second-order valence-electron chi connectivity index (χ2n) is 5.71. The van der Waals surface area contributed by atoms with Crippen molar-refractivity contribution in [3.05, 3.63) is 29.6 Å². The highest BCUT2D eigenvalue weighted by Crippen LogP contribution is 2.27. The van der Waals surface area contributed by atoms with Crippen molar-refractivity contribution in [3.63, 3.8) is 0 Å². The zero-order valence-corrected chi connectivity index (χ0v) is 11.6. The zero-order chi connectivity index (χ0) is 15.0. The summed E-state index contributed by atoms with van der Waals surface area (Å²) in [6.45, 7) is 1.13. The van der Waals surface area contributed by atoms with E-state index in [1.807, 2.05) is 0 Å². The number of likely N-dealkylation sites (tertiary alicyclic amines) is 1. The lowest BCUT2D eigenvalue weighted by Crippen LogP contribution is -2.55. The number of hydrogen-bond acceptors (Lipinski definition) is 3. The van der Waals surface area contributed by atoms with E-state index in [1.54, 1.807) is 11.0 Å². The van der Waals surface area contributed by atoms with E-state index in [0.29, 0.717) is 19.5 Å². The number of fused-ring (bicyclic) bond motifs is 1. The summed E-state index contributed by atoms with van der Waals surface area (Å²) in [5.74, 6) is -0.441. The number of anilines is 1. The molecule has 2 fully saturated rings. The molecule has 2 heterocycles. The maximum Gasteiger partial charge on any atom is 0.256 e. The van der Waals surface area contributed by atoms with Crippen LogP contribution in [0.5, 0.6) is 0 Å². The normalized spacial score (nSPS) is 25.2. The molecule has 3 rings (SSSR count). The molecule has 0 aliphatic carbocycles. The van der Waals surface area contributed by atoms with Gasteiger partial charge in [-0.15, -0.1) is 0 Å². The SMILES string of the molecule is Nc1c(F)cccc1C(=O)N1CCC2NC(=O)CCC2C1. The lowest BCUT2D eigenvalue weighted by Gasteiger charge is -2.41. The van der Waals surface area contributed by atoms with E-state index in [9.17, 15) is 14.0 Å². The summed E-state index contributed by atoms with van der Waals surface area (Å²) in [5.41, 5.74) is 5.78. The number of rotatable bonds is 1. The van der Waals surface area contributed by atoms with Gasteiger partial charge in [-0.05, 0) is 30.9 Å². The molecule has 21 heavy (non-hydrogen) atoms. The van der Waals surface area contributed by atoms with E-state index in [-0.39, 0.29) is 35.0 Å². The zero-order valence-electron chi connectivity index (χ0n) is 11.6. The highest BCUT2D eigenvalue weighted by Gasteiger charge is 2.35. The third kappa shape index (κ3) is 2.57. The van der Waals surface area contributed by atoms with Crippen molar-refractivity contribution in [1.82, 2.24) is 10.2 Å². The molecule has 1 aromatic rings. The fourth-order valence-corrected chi connectivity index (χ4v) is 3.19. The van der Waals surface area contributed by atoms with Crippen molar-refractivity contribution >= 4 is 17.5 Å². The van der Waals surface area contributed by atoms with Crippen LogP contribution in [0.2, 0.25) is 0 Å². The van der Waals surface area contributed by atoms with Gasteiger partial charge in [-0.2, -0.15) is 0 Å². The van der Waals surface area contributed by atoms with Crippen LogP contribution >= 0.6 is 0 Å². The number of nitrogens with one attached hydrogen (secondary N) is 1. The van der Waals surface area contributed by atoms with Gasteiger partial charge in [0.2, 0.25) is 5.91 Å². The number of nitrogen functional groups attached to an aromatic ring is 1. The summed E-state index contributed by atoms with van der Waals surface area (Å²) < 4.78 is 13.5. The van der Waals surface area contributed by atoms with Gasteiger partial charge in [-0.3, -0.25) is 9.59 Å². The van der Waals surface area contributed by atoms with E-state index in [1.165, 1.54) is 12.1 Å². The Hall–Kier alpha value is -2.11. The molecule has 2 aliphatic rings. The topological polar surface area (TPSA) is 75.4 Å². The first-order chi connectivity index (χ1) is 10.1. The summed E-state index contributed by atoms with van der Waals surface area (Å²) in [4.78, 5) is 25.6. The van der Waals surface area contributed by atoms with Crippen LogP contribution in [-0.4, -0.2) is 35.8 Å². The van der Waals surface area contributed by atoms with Crippen molar-refractivity contribution in [2.45, 2.75) is 25.3 Å². The van der Waals surface area contributed by atoms with Crippen molar-refractivity contribution < 1.29 is 14.0 Å². The van der Waals surface area contributed by atoms with Crippen LogP contribution in [-0.2, 0) is 4.79 Å². The van der Waals surface area contributed by atoms with Gasteiger partial charge < -0.3 is 16.0 Å². The molecular formula is C15H18FN3O2. The fraction of sp³-hybridized carbons (Fsp3) is 0.467. The van der Waals surface area contributed by atoms with Crippen LogP contribution in [0.3, 0.4) is 0 Å². The van der Waals surface area contributed by atoms with Gasteiger partial charge in [0, 0.05) is 25.6 Å². The Bertz CT molecular complexity index is 590. The second-order valence-corrected chi connectivity index (χ2v) is 5.71. The Morgan fingerprint density at radius 2 is 2.19 bits per heavy atom. The quantitative estimate of drug-likeness (QED) is 0.762. The van der Waals surface area contributed by atoms with Gasteiger partial charge in [-0.1, -0.05) is 6.07 Å². The molecule has 1 aromatic carbocycles. The smallest absolute Gasteiger partial charge is 0.256 e. The first kappa shape index (κ1) is 13.9. The Kier molecular flexibility index (Phi) is 3.53. The number of hydrogen-bond donors (Lipinski definition) is 2. The van der Waals surface area contributed by atoms with Gasteiger partial charge in [0.25, 0.3) is 5.91 Å². The average Bonchev–Trinajstić information content (AvgIpc) is 2.49. The Labute approximate surface area is 122 Å². The standard InChI is InChI=1S/C15H18FN3O2/c16-11-3-1-2-10(14(11)17)15(21)19-7-6-12-9(8-19)4-5-13(20)18-12/h1-3,9,12H,4-8,17H2,(H,18,20). The first-order valence-electron chi connectivity index (χ1n) is 7.19. The molecule has 2 atom stereocenters. The molecule has 5 nitrogen and oxygen atoms in total. The predicted molar refractivity (Wildman–Crippen MR) is 76.0 cm³/mol. The molecule has 3 N–H and O–H groups in total. The van der Waals surface area contributed by atoms with E-state index in [4.69, 9.17) is 5.73 Å². The highest BCUT2D eigenvalue weighted by atomic mass is 19.1. The minimum Gasteiger partial charge on any atom is -0.396 e. The summed E-state index contributed by atoms with van der Waals surface area (Å²) in [7, 11) is 0. The lowest BCUT2D eigenvalue weighted by atomic mass is 9.85. The highest BCUT2D eigenvalue weighted by molar-refractivity contribution is 5.99. The van der Waals surface area contributed by atoms with Crippen molar-refractivity contribution in [2.24, 2.45) is 5.92 Å². The average molecular weight is 291 g/mol. The van der Waals surface area contributed by atoms with Crippen LogP contribution in [0, 0.1) is 11.7 Å². The number of benzene rings is 1. The first-order valence-corrected chi connectivity index (χ1v) is 7.19. The predicted octanol–water partition coefficient (Wildman–Crippen LogP) is 1.15. The molecule has 0 spiro atoms. The number of para-hydroxylation sites is 1. The van der Waals surface area contributed by atoms with Gasteiger partial charge >= 0.3 is 0 Å². The molecule has 2 unspecified atom stereocenters. The molecule has 6 heteroatoms. The molecule has 0 aromatic heterocycles. The van der Waals surface area contributed by atoms with Crippen LogP contribution in [0.15, 0.2) is 18.2 Å². The molecule has 2 aliphatic heterocycles. The van der Waals surface area contributed by atoms with Crippen LogP contribution in [0.4, 0.5) is 10.1 Å². The number of amides is 2. The monoisotopic (exact) mass is 291 g/mol. The Morgan fingerprint density at radius 1 is 1.38 bits per heavy atom. The molecule has 112 valence electrons. The van der Waals surface area contributed by atoms with Crippen molar-refractivity contribution in [2.75, 3.05) is 18.8 Å². The third-order valence-corrected chi connectivity index (χ3v) is 4.39. The molecule has 0 bridgehead atoms. The van der Waals surface area contributed by atoms with Crippen molar-refractivity contribution in [3.8, 4) is 0 Å². The third-order valence-electron chi connectivity index (χ3n) is 4.39. The number of carbonyl (C=O) groups excluding carboxylic acids is 2. The molecule has 0 saturated carbocycles. The number of halogens is 1. The Balaban J connectivity index is 1.75. The van der Waals surface area contributed by atoms with Gasteiger partial charge in [0.15, 0.2) is 0 Å². The van der Waals surface area contributed by atoms with Gasteiger partial charge in [0.1, 0.15) is 5.82 Å². The lowest BCUT2D eigenvalue weighted by molar-refractivity contribution is -0.125. The van der Waals surface area contributed by atoms with Crippen LogP contribution in [0.1, 0.15) is 29.6 Å². The van der Waals surface area contributed by atoms with E-state index >= 15 is 0 Å². The van der Waals surface area contributed by atoms with E-state index < -0.39 is 5.82 Å². The maximum absolute atomic E-state index is 13.5. The summed E-state index contributed by atoms with van der Waals surface area (Å²) >= 11 is 0. The van der Waals surface area contributed by atoms with Gasteiger partial charge in [-0.25, -0.2) is 4.39 Å². The summed E-state index contributed by atoms with van der Waals surface area (Å²) in [5, 5.41) is 2.98. The molecule has 2 saturated heterocycles. The van der Waals surface area contributed by atoms with Crippen molar-refractivity contribution in [1.29, 1.82) is 0 Å². The van der Waals surface area contributed by atoms with E-state index in [2.05, 4.69) is 5.32 Å². The summed E-state index contributed by atoms with van der Waals surface area (Å²) in [6.07, 6.45) is 2.03. The largest absolute Gasteiger partial charge is 0.396 e. The molecule has 0 radical (unpaired) electrons. The van der Waals surface area contributed by atoms with E-state index in [0.717, 1.165) is 12.8 Å². The minimum absolute atomic E-state index is 0.0883. The maximum atomic E-state index is 13.5. The van der Waals surface area contributed by atoms with Gasteiger partial charge in [0.05, 0.1) is 11.3 Å². The fourth-order valence-electron chi connectivity index (χ4n) is 3.19. The minimum atomic E-state index is -0.569. The number of carbonyl (C=O) groups is 2. The Morgan fingerprint density at radius 3 is 3.00 bits per heavy atom. The summed E-state index contributed by atoms with van der Waals surface area (Å²) in [6, 6.07) is 4.44. The van der Waals surface area contributed by atoms with Crippen LogP contribution < -0.4 is 11.1 Å². The molecule has 2 amide bonds. The molecular weight excluding hydrogens is 273 g/mol. The number of nitrogens with two attached hydrogens (primary N) is 1. The number of nitrogens with zero attached hydrogens (tertiary/aromatic N) is 1. The number of piperidine rings is 2. The van der Waals surface area contributed by atoms with Crippen LogP contribution in [0.25, 0.3) is 0 Å². The second kappa shape index (κ2) is 5.35.